The normalized spacial score (nSPS) is 26.3. The van der Waals surface area contributed by atoms with Crippen LogP contribution >= 0.6 is 0 Å². The van der Waals surface area contributed by atoms with E-state index in [1.54, 1.807) is 0 Å². The van der Waals surface area contributed by atoms with E-state index in [-0.39, 0.29) is 11.8 Å². The third-order valence-corrected chi connectivity index (χ3v) is 5.37. The van der Waals surface area contributed by atoms with Crippen LogP contribution in [0.3, 0.4) is 0 Å². The Morgan fingerprint density at radius 1 is 1.17 bits per heavy atom. The lowest BCUT2D eigenvalue weighted by Gasteiger charge is -2.37. The van der Waals surface area contributed by atoms with Gasteiger partial charge in [-0.05, 0) is 43.4 Å². The lowest BCUT2D eigenvalue weighted by Crippen LogP contribution is -2.50. The molecule has 0 aromatic carbocycles. The van der Waals surface area contributed by atoms with Gasteiger partial charge in [0.05, 0.1) is 0 Å². The summed E-state index contributed by atoms with van der Waals surface area (Å²) in [5.41, 5.74) is -0.406. The third-order valence-electron chi connectivity index (χ3n) is 5.37. The molecule has 0 radical (unpaired) electrons. The van der Waals surface area contributed by atoms with Gasteiger partial charge in [0.15, 0.2) is 0 Å². The lowest BCUT2D eigenvalue weighted by molar-refractivity contribution is -0.145. The van der Waals surface area contributed by atoms with E-state index in [1.165, 1.54) is 19.3 Å². The first-order valence-corrected chi connectivity index (χ1v) is 9.19. The van der Waals surface area contributed by atoms with Crippen LogP contribution < -0.4 is 5.32 Å². The van der Waals surface area contributed by atoms with E-state index >= 15 is 0 Å². The quantitative estimate of drug-likeness (QED) is 0.701. The summed E-state index contributed by atoms with van der Waals surface area (Å²) >= 11 is 0. The molecule has 0 saturated heterocycles. The maximum Gasteiger partial charge on any atom is 0.326 e. The Morgan fingerprint density at radius 3 is 2.17 bits per heavy atom. The molecular weight excluding hydrogens is 290 g/mol. The van der Waals surface area contributed by atoms with Crippen LogP contribution in [0.15, 0.2) is 0 Å². The number of hydrogen-bond donors (Lipinski definition) is 2. The van der Waals surface area contributed by atoms with Gasteiger partial charge in [0.1, 0.15) is 6.04 Å². The Bertz CT molecular complexity index is 395. The van der Waals surface area contributed by atoms with Crippen molar-refractivity contribution in [3.05, 3.63) is 0 Å². The SMILES string of the molecule is CC(C)CCCC1CCC(C)(C(=O)N[C@H](C(=O)O)C(C)C)CC1. The van der Waals surface area contributed by atoms with Gasteiger partial charge in [-0.1, -0.05) is 53.9 Å². The van der Waals surface area contributed by atoms with E-state index in [4.69, 9.17) is 0 Å². The molecule has 4 heteroatoms. The van der Waals surface area contributed by atoms with Gasteiger partial charge in [-0.2, -0.15) is 0 Å². The highest BCUT2D eigenvalue weighted by atomic mass is 16.4. The molecule has 23 heavy (non-hydrogen) atoms. The van der Waals surface area contributed by atoms with Crippen molar-refractivity contribution in [3.63, 3.8) is 0 Å². The van der Waals surface area contributed by atoms with Crippen molar-refractivity contribution < 1.29 is 14.7 Å². The molecule has 0 aromatic rings. The van der Waals surface area contributed by atoms with Crippen molar-refractivity contribution in [2.75, 3.05) is 0 Å². The van der Waals surface area contributed by atoms with Crippen LogP contribution in [0.1, 0.15) is 79.6 Å². The van der Waals surface area contributed by atoms with E-state index in [0.29, 0.717) is 0 Å². The van der Waals surface area contributed by atoms with Crippen LogP contribution in [0.25, 0.3) is 0 Å². The molecule has 0 spiro atoms. The minimum Gasteiger partial charge on any atom is -0.480 e. The zero-order valence-electron chi connectivity index (χ0n) is 15.5. The van der Waals surface area contributed by atoms with Crippen molar-refractivity contribution in [2.45, 2.75) is 85.6 Å². The summed E-state index contributed by atoms with van der Waals surface area (Å²) in [5.74, 6) is 0.361. The van der Waals surface area contributed by atoms with Crippen molar-refractivity contribution in [1.82, 2.24) is 5.32 Å². The summed E-state index contributed by atoms with van der Waals surface area (Å²) in [6.07, 6.45) is 7.73. The highest BCUT2D eigenvalue weighted by Gasteiger charge is 2.39. The molecule has 4 nitrogen and oxygen atoms in total. The topological polar surface area (TPSA) is 66.4 Å². The fourth-order valence-electron chi connectivity index (χ4n) is 3.47. The predicted molar refractivity (Wildman–Crippen MR) is 93.2 cm³/mol. The molecule has 1 amide bonds. The van der Waals surface area contributed by atoms with Gasteiger partial charge in [0.25, 0.3) is 0 Å². The second-order valence-corrected chi connectivity index (χ2v) is 8.36. The van der Waals surface area contributed by atoms with Crippen LogP contribution in [0.5, 0.6) is 0 Å². The first kappa shape index (κ1) is 20.0. The standard InChI is InChI=1S/C19H35NO3/c1-13(2)7-6-8-15-9-11-19(5,12-10-15)18(23)20-16(14(3)4)17(21)22/h13-16H,6-12H2,1-5H3,(H,20,23)(H,21,22)/t15?,16-,19?/m0/s1. The summed E-state index contributed by atoms with van der Waals surface area (Å²) in [4.78, 5) is 23.8. The number of carboxylic acid groups (broad SMARTS) is 1. The maximum atomic E-state index is 12.6. The fraction of sp³-hybridized carbons (Fsp3) is 0.895. The molecule has 0 heterocycles. The maximum absolute atomic E-state index is 12.6. The van der Waals surface area contributed by atoms with E-state index in [9.17, 15) is 14.7 Å². The first-order valence-electron chi connectivity index (χ1n) is 9.19. The fourth-order valence-corrected chi connectivity index (χ4v) is 3.47. The monoisotopic (exact) mass is 325 g/mol. The van der Waals surface area contributed by atoms with Crippen molar-refractivity contribution in [2.24, 2.45) is 23.2 Å². The molecule has 2 N–H and O–H groups in total. The van der Waals surface area contributed by atoms with E-state index in [1.807, 2.05) is 20.8 Å². The summed E-state index contributed by atoms with van der Waals surface area (Å²) in [5, 5.41) is 12.0. The Labute approximate surface area is 141 Å². The van der Waals surface area contributed by atoms with E-state index in [0.717, 1.165) is 37.5 Å². The van der Waals surface area contributed by atoms with Crippen LogP contribution in [-0.2, 0) is 9.59 Å². The number of amides is 1. The molecule has 134 valence electrons. The van der Waals surface area contributed by atoms with Crippen LogP contribution in [0.4, 0.5) is 0 Å². The van der Waals surface area contributed by atoms with Crippen LogP contribution in [0, 0.1) is 23.2 Å². The molecule has 1 aliphatic carbocycles. The molecule has 0 bridgehead atoms. The second kappa shape index (κ2) is 8.70. The van der Waals surface area contributed by atoms with Crippen LogP contribution in [0.2, 0.25) is 0 Å². The average molecular weight is 325 g/mol. The van der Waals surface area contributed by atoms with Gasteiger partial charge < -0.3 is 10.4 Å². The molecule has 0 aromatic heterocycles. The second-order valence-electron chi connectivity index (χ2n) is 8.36. The molecule has 1 saturated carbocycles. The molecule has 1 atom stereocenters. The minimum atomic E-state index is -0.945. The van der Waals surface area contributed by atoms with Gasteiger partial charge in [0.2, 0.25) is 5.91 Å². The number of rotatable bonds is 8. The van der Waals surface area contributed by atoms with Crippen molar-refractivity contribution in [1.29, 1.82) is 0 Å². The number of carbonyl (C=O) groups is 2. The van der Waals surface area contributed by atoms with Gasteiger partial charge >= 0.3 is 5.97 Å². The number of carboxylic acids is 1. The third kappa shape index (κ3) is 6.15. The molecule has 1 aliphatic rings. The number of nitrogens with one attached hydrogen (secondary N) is 1. The summed E-state index contributed by atoms with van der Waals surface area (Å²) in [6, 6.07) is -0.789. The van der Waals surface area contributed by atoms with E-state index < -0.39 is 17.4 Å². The smallest absolute Gasteiger partial charge is 0.326 e. The largest absolute Gasteiger partial charge is 0.480 e. The summed E-state index contributed by atoms with van der Waals surface area (Å²) in [6.45, 7) is 10.2. The van der Waals surface area contributed by atoms with Crippen molar-refractivity contribution in [3.8, 4) is 0 Å². The Balaban J connectivity index is 2.48. The van der Waals surface area contributed by atoms with Crippen molar-refractivity contribution >= 4 is 11.9 Å². The van der Waals surface area contributed by atoms with Gasteiger partial charge in [-0.3, -0.25) is 4.79 Å². The zero-order valence-corrected chi connectivity index (χ0v) is 15.5. The average Bonchev–Trinajstić information content (AvgIpc) is 2.45. The molecule has 0 unspecified atom stereocenters. The van der Waals surface area contributed by atoms with Gasteiger partial charge in [0, 0.05) is 5.41 Å². The Hall–Kier alpha value is -1.06. The Kier molecular flexibility index (Phi) is 7.56. The first-order chi connectivity index (χ1) is 10.7. The molecule has 1 rings (SSSR count). The summed E-state index contributed by atoms with van der Waals surface area (Å²) in [7, 11) is 0. The summed E-state index contributed by atoms with van der Waals surface area (Å²) < 4.78 is 0. The minimum absolute atomic E-state index is 0.0840. The van der Waals surface area contributed by atoms with Crippen LogP contribution in [-0.4, -0.2) is 23.0 Å². The van der Waals surface area contributed by atoms with E-state index in [2.05, 4.69) is 19.2 Å². The number of carbonyl (C=O) groups excluding carboxylic acids is 1. The van der Waals surface area contributed by atoms with Gasteiger partial charge in [-0.25, -0.2) is 4.79 Å². The Morgan fingerprint density at radius 2 is 1.74 bits per heavy atom. The van der Waals surface area contributed by atoms with Gasteiger partial charge in [-0.15, -0.1) is 0 Å². The highest BCUT2D eigenvalue weighted by Crippen LogP contribution is 2.40. The molecule has 0 aliphatic heterocycles. The molecule has 1 fully saturated rings. The number of hydrogen-bond acceptors (Lipinski definition) is 2. The lowest BCUT2D eigenvalue weighted by atomic mass is 9.70. The number of aliphatic carboxylic acids is 1. The molecular formula is C19H35NO3. The highest BCUT2D eigenvalue weighted by molar-refractivity contribution is 5.87. The predicted octanol–water partition coefficient (Wildman–Crippen LogP) is 4.23. The zero-order chi connectivity index (χ0) is 17.6.